The smallest absolute Gasteiger partial charge is 0.276 e. The molecule has 1 amide bonds. The van der Waals surface area contributed by atoms with Gasteiger partial charge < -0.3 is 5.32 Å². The zero-order chi connectivity index (χ0) is 24.0. The van der Waals surface area contributed by atoms with Crippen molar-refractivity contribution in [3.63, 3.8) is 0 Å². The molecular weight excluding hydrogens is 450 g/mol. The Labute approximate surface area is 190 Å². The quantitative estimate of drug-likeness (QED) is 0.585. The van der Waals surface area contributed by atoms with Crippen molar-refractivity contribution in [1.82, 2.24) is 14.5 Å². The molecule has 10 heteroatoms. The first kappa shape index (κ1) is 23.1. The molecular formula is C23H24F2N4O3S. The van der Waals surface area contributed by atoms with Gasteiger partial charge in [0.1, 0.15) is 0 Å². The Morgan fingerprint density at radius 1 is 1.06 bits per heavy atom. The Morgan fingerprint density at radius 3 is 2.52 bits per heavy atom. The molecule has 0 bridgehead atoms. The van der Waals surface area contributed by atoms with Crippen LogP contribution in [0.1, 0.15) is 48.9 Å². The number of hydrogen-bond acceptors (Lipinski definition) is 4. The summed E-state index contributed by atoms with van der Waals surface area (Å²) in [5.41, 5.74) is 1.66. The maximum Gasteiger partial charge on any atom is 0.276 e. The average Bonchev–Trinajstić information content (AvgIpc) is 3.31. The fraction of sp³-hybridized carbons (Fsp3) is 0.304. The third-order valence-electron chi connectivity index (χ3n) is 5.14. The Balaban J connectivity index is 1.63. The molecule has 0 aliphatic heterocycles. The number of carbonyl (C=O) groups is 1. The summed E-state index contributed by atoms with van der Waals surface area (Å²) in [6.07, 6.45) is 2.09. The van der Waals surface area contributed by atoms with Crippen LogP contribution < -0.4 is 10.0 Å². The summed E-state index contributed by atoms with van der Waals surface area (Å²) >= 11 is 0. The van der Waals surface area contributed by atoms with E-state index in [4.69, 9.17) is 0 Å². The Morgan fingerprint density at radius 2 is 1.82 bits per heavy atom. The van der Waals surface area contributed by atoms with Crippen molar-refractivity contribution in [1.29, 1.82) is 0 Å². The summed E-state index contributed by atoms with van der Waals surface area (Å²) in [6, 6.07) is 9.40. The highest BCUT2D eigenvalue weighted by molar-refractivity contribution is 7.89. The monoisotopic (exact) mass is 474 g/mol. The highest BCUT2D eigenvalue weighted by Gasteiger charge is 2.28. The number of hydrogen-bond donors (Lipinski definition) is 2. The van der Waals surface area contributed by atoms with Crippen molar-refractivity contribution in [2.24, 2.45) is 0 Å². The number of carbonyl (C=O) groups excluding carboxylic acids is 1. The summed E-state index contributed by atoms with van der Waals surface area (Å²) in [5, 5.41) is 7.08. The van der Waals surface area contributed by atoms with E-state index in [0.29, 0.717) is 24.2 Å². The van der Waals surface area contributed by atoms with Gasteiger partial charge in [0.15, 0.2) is 17.3 Å². The molecule has 174 valence electrons. The van der Waals surface area contributed by atoms with Crippen molar-refractivity contribution in [2.45, 2.75) is 50.5 Å². The molecule has 1 aliphatic rings. The summed E-state index contributed by atoms with van der Waals surface area (Å²) in [4.78, 5) is 13.1. The first-order valence-electron chi connectivity index (χ1n) is 10.5. The molecule has 0 saturated carbocycles. The van der Waals surface area contributed by atoms with E-state index in [1.165, 1.54) is 28.9 Å². The number of aromatic nitrogens is 2. The van der Waals surface area contributed by atoms with Crippen molar-refractivity contribution in [3.05, 3.63) is 71.1 Å². The number of nitrogens with zero attached hydrogens (tertiary/aromatic N) is 2. The minimum absolute atomic E-state index is 0.0211. The lowest BCUT2D eigenvalue weighted by molar-refractivity contribution is 0.102. The van der Waals surface area contributed by atoms with Gasteiger partial charge in [-0.1, -0.05) is 6.07 Å². The number of anilines is 1. The van der Waals surface area contributed by atoms with Crippen LogP contribution in [-0.4, -0.2) is 29.6 Å². The van der Waals surface area contributed by atoms with E-state index in [-0.39, 0.29) is 10.6 Å². The van der Waals surface area contributed by atoms with Crippen LogP contribution in [0.15, 0.2) is 47.4 Å². The van der Waals surface area contributed by atoms with Gasteiger partial charge in [-0.05, 0) is 70.4 Å². The van der Waals surface area contributed by atoms with Gasteiger partial charge in [0.05, 0.1) is 10.6 Å². The number of amides is 1. The van der Waals surface area contributed by atoms with Crippen LogP contribution in [0.25, 0.3) is 5.69 Å². The van der Waals surface area contributed by atoms with Crippen LogP contribution in [0.4, 0.5) is 14.5 Å². The van der Waals surface area contributed by atoms with Gasteiger partial charge in [0.25, 0.3) is 5.91 Å². The van der Waals surface area contributed by atoms with Crippen LogP contribution in [0.3, 0.4) is 0 Å². The molecule has 0 saturated heterocycles. The van der Waals surface area contributed by atoms with Gasteiger partial charge in [-0.2, -0.15) is 5.10 Å². The number of fused-ring (bicyclic) bond motifs is 1. The predicted octanol–water partition coefficient (Wildman–Crippen LogP) is 3.97. The number of nitrogens with one attached hydrogen (secondary N) is 2. The lowest BCUT2D eigenvalue weighted by Gasteiger charge is -2.20. The van der Waals surface area contributed by atoms with Gasteiger partial charge in [-0.25, -0.2) is 26.6 Å². The average molecular weight is 475 g/mol. The zero-order valence-electron chi connectivity index (χ0n) is 18.4. The minimum Gasteiger partial charge on any atom is -0.321 e. The van der Waals surface area contributed by atoms with Crippen molar-refractivity contribution in [3.8, 4) is 5.69 Å². The second-order valence-electron chi connectivity index (χ2n) is 8.98. The van der Waals surface area contributed by atoms with E-state index in [0.717, 1.165) is 29.8 Å². The fourth-order valence-corrected chi connectivity index (χ4v) is 5.31. The van der Waals surface area contributed by atoms with Crippen molar-refractivity contribution >= 4 is 21.6 Å². The normalized spacial score (nSPS) is 13.7. The van der Waals surface area contributed by atoms with Crippen LogP contribution >= 0.6 is 0 Å². The molecule has 7 nitrogen and oxygen atoms in total. The molecule has 3 aromatic rings. The second kappa shape index (κ2) is 8.35. The Bertz CT molecular complexity index is 1340. The second-order valence-corrected chi connectivity index (χ2v) is 10.7. The van der Waals surface area contributed by atoms with E-state index in [2.05, 4.69) is 15.1 Å². The van der Waals surface area contributed by atoms with Crippen LogP contribution in [0.2, 0.25) is 0 Å². The largest absolute Gasteiger partial charge is 0.321 e. The molecule has 33 heavy (non-hydrogen) atoms. The first-order chi connectivity index (χ1) is 15.4. The molecule has 0 fully saturated rings. The first-order valence-corrected chi connectivity index (χ1v) is 11.9. The lowest BCUT2D eigenvalue weighted by Crippen LogP contribution is -2.40. The molecule has 1 heterocycles. The molecule has 0 atom stereocenters. The van der Waals surface area contributed by atoms with Gasteiger partial charge in [-0.15, -0.1) is 0 Å². The number of halogens is 2. The minimum atomic E-state index is -3.78. The maximum absolute atomic E-state index is 13.8. The SMILES string of the molecule is CC(C)(C)NS(=O)(=O)c1cccc(NC(=O)c2nn(-c3ccc(F)c(F)c3)c3c2CCC3)c1. The summed E-state index contributed by atoms with van der Waals surface area (Å²) in [7, 11) is -3.78. The molecule has 0 spiro atoms. The van der Waals surface area contributed by atoms with Gasteiger partial charge in [-0.3, -0.25) is 4.79 Å². The van der Waals surface area contributed by atoms with Gasteiger partial charge in [0, 0.05) is 28.6 Å². The lowest BCUT2D eigenvalue weighted by atomic mass is 10.1. The summed E-state index contributed by atoms with van der Waals surface area (Å²) in [5.74, 6) is -2.47. The third kappa shape index (κ3) is 4.81. The van der Waals surface area contributed by atoms with Crippen LogP contribution in [0, 0.1) is 11.6 Å². The van der Waals surface area contributed by atoms with E-state index >= 15 is 0 Å². The van der Waals surface area contributed by atoms with Gasteiger partial charge >= 0.3 is 0 Å². The molecule has 0 radical (unpaired) electrons. The van der Waals surface area contributed by atoms with E-state index < -0.39 is 33.1 Å². The van der Waals surface area contributed by atoms with Crippen molar-refractivity contribution < 1.29 is 22.0 Å². The summed E-state index contributed by atoms with van der Waals surface area (Å²) < 4.78 is 56.4. The third-order valence-corrected chi connectivity index (χ3v) is 6.89. The number of sulfonamides is 1. The van der Waals surface area contributed by atoms with E-state index in [9.17, 15) is 22.0 Å². The molecule has 1 aliphatic carbocycles. The zero-order valence-corrected chi connectivity index (χ0v) is 19.3. The maximum atomic E-state index is 13.8. The van der Waals surface area contributed by atoms with Crippen molar-refractivity contribution in [2.75, 3.05) is 5.32 Å². The van der Waals surface area contributed by atoms with Crippen LogP contribution in [-0.2, 0) is 22.9 Å². The fourth-order valence-electron chi connectivity index (χ4n) is 3.84. The van der Waals surface area contributed by atoms with Gasteiger partial charge in [0.2, 0.25) is 10.0 Å². The highest BCUT2D eigenvalue weighted by atomic mass is 32.2. The standard InChI is InChI=1S/C23H24F2N4O3S/c1-23(2,3)28-33(31,32)16-7-4-6-14(12-16)26-22(30)21-17-8-5-9-20(17)29(27-21)15-10-11-18(24)19(25)13-15/h4,6-7,10-13,28H,5,8-9H2,1-3H3,(H,26,30). The predicted molar refractivity (Wildman–Crippen MR) is 120 cm³/mol. The number of benzene rings is 2. The summed E-state index contributed by atoms with van der Waals surface area (Å²) in [6.45, 7) is 5.21. The van der Waals surface area contributed by atoms with E-state index in [1.54, 1.807) is 26.8 Å². The Kier molecular flexibility index (Phi) is 5.83. The molecule has 2 aromatic carbocycles. The molecule has 4 rings (SSSR count). The Hall–Kier alpha value is -3.11. The highest BCUT2D eigenvalue weighted by Crippen LogP contribution is 2.29. The molecule has 0 unspecified atom stereocenters. The topological polar surface area (TPSA) is 93.1 Å². The molecule has 2 N–H and O–H groups in total. The van der Waals surface area contributed by atoms with Crippen LogP contribution in [0.5, 0.6) is 0 Å². The van der Waals surface area contributed by atoms with E-state index in [1.807, 2.05) is 0 Å². The number of rotatable bonds is 5. The molecule has 1 aromatic heterocycles.